The fourth-order valence-corrected chi connectivity index (χ4v) is 6.23. The third kappa shape index (κ3) is 3.68. The van der Waals surface area contributed by atoms with Crippen molar-refractivity contribution in [2.75, 3.05) is 23.7 Å². The molecule has 5 rings (SSSR count). The summed E-state index contributed by atoms with van der Waals surface area (Å²) in [7, 11) is -3.41. The van der Waals surface area contributed by atoms with Gasteiger partial charge < -0.3 is 5.32 Å². The largest absolute Gasteiger partial charge is 0.325 e. The van der Waals surface area contributed by atoms with E-state index in [0.29, 0.717) is 30.6 Å². The SMILES string of the molecule is CC1(c2ccc3c(c2)CCC3)NC(=O)N(CC(=O)c2ccc3c(c2)CCCN3S(C)(=O)=O)C1=O. The molecule has 2 heterocycles. The number of carbonyl (C=O) groups is 3. The van der Waals surface area contributed by atoms with E-state index in [1.165, 1.54) is 15.4 Å². The molecule has 3 amide bonds. The van der Waals surface area contributed by atoms with Crippen LogP contribution in [-0.2, 0) is 39.6 Å². The third-order valence-electron chi connectivity index (χ3n) is 7.13. The van der Waals surface area contributed by atoms with Crippen LogP contribution in [0, 0.1) is 0 Å². The lowest BCUT2D eigenvalue weighted by atomic mass is 9.89. The first-order valence-electron chi connectivity index (χ1n) is 11.5. The van der Waals surface area contributed by atoms with Crippen LogP contribution < -0.4 is 9.62 Å². The van der Waals surface area contributed by atoms with Crippen molar-refractivity contribution in [2.45, 2.75) is 44.6 Å². The van der Waals surface area contributed by atoms with Crippen molar-refractivity contribution in [1.82, 2.24) is 10.2 Å². The zero-order valence-electron chi connectivity index (χ0n) is 19.3. The molecule has 1 atom stereocenters. The average Bonchev–Trinajstić information content (AvgIpc) is 3.35. The van der Waals surface area contributed by atoms with Gasteiger partial charge in [0.05, 0.1) is 18.5 Å². The minimum atomic E-state index is -3.41. The Bertz CT molecular complexity index is 1340. The average molecular weight is 482 g/mol. The fraction of sp³-hybridized carbons (Fsp3) is 0.400. The van der Waals surface area contributed by atoms with Crippen LogP contribution in [0.15, 0.2) is 36.4 Å². The monoisotopic (exact) mass is 481 g/mol. The molecule has 0 aromatic heterocycles. The first kappa shape index (κ1) is 22.6. The standard InChI is InChI=1S/C25H27N3O5S/c1-25(20-10-8-16-5-3-6-17(16)14-20)23(30)27(24(31)26-25)15-22(29)19-9-11-21-18(13-19)7-4-12-28(21)34(2,32)33/h8-11,13-14H,3-7,12,15H2,1-2H3,(H,26,31). The normalized spacial score (nSPS) is 21.9. The number of sulfonamides is 1. The molecule has 1 aliphatic carbocycles. The van der Waals surface area contributed by atoms with Gasteiger partial charge in [-0.3, -0.25) is 18.8 Å². The molecule has 2 aromatic carbocycles. The van der Waals surface area contributed by atoms with E-state index in [1.807, 2.05) is 18.2 Å². The number of Topliss-reactive ketones (excluding diaryl/α,β-unsaturated/α-hetero) is 1. The van der Waals surface area contributed by atoms with Crippen LogP contribution in [0.5, 0.6) is 0 Å². The second kappa shape index (κ2) is 7.94. The summed E-state index contributed by atoms with van der Waals surface area (Å²) in [5, 5.41) is 2.78. The van der Waals surface area contributed by atoms with Gasteiger partial charge in [0, 0.05) is 12.1 Å². The molecule has 1 saturated heterocycles. The number of rotatable bonds is 5. The summed E-state index contributed by atoms with van der Waals surface area (Å²) < 4.78 is 25.5. The van der Waals surface area contributed by atoms with E-state index < -0.39 is 27.5 Å². The van der Waals surface area contributed by atoms with Gasteiger partial charge in [-0.15, -0.1) is 0 Å². The maximum absolute atomic E-state index is 13.3. The van der Waals surface area contributed by atoms with Crippen molar-refractivity contribution >= 4 is 33.4 Å². The van der Waals surface area contributed by atoms with Gasteiger partial charge in [0.25, 0.3) is 5.91 Å². The second-order valence-electron chi connectivity index (χ2n) is 9.49. The molecule has 0 bridgehead atoms. The number of nitrogens with zero attached hydrogens (tertiary/aromatic N) is 2. The molecule has 0 spiro atoms. The Balaban J connectivity index is 1.37. The second-order valence-corrected chi connectivity index (χ2v) is 11.4. The molecule has 178 valence electrons. The number of benzene rings is 2. The maximum Gasteiger partial charge on any atom is 0.325 e. The van der Waals surface area contributed by atoms with Crippen LogP contribution in [0.3, 0.4) is 0 Å². The molecular formula is C25H27N3O5S. The highest BCUT2D eigenvalue weighted by molar-refractivity contribution is 7.92. The van der Waals surface area contributed by atoms with Crippen LogP contribution in [0.1, 0.15) is 52.4 Å². The summed E-state index contributed by atoms with van der Waals surface area (Å²) in [6.45, 7) is 1.70. The number of aryl methyl sites for hydroxylation is 3. The first-order valence-corrected chi connectivity index (χ1v) is 13.3. The summed E-state index contributed by atoms with van der Waals surface area (Å²) in [6, 6.07) is 10.2. The zero-order chi connectivity index (χ0) is 24.3. The van der Waals surface area contributed by atoms with Crippen LogP contribution >= 0.6 is 0 Å². The summed E-state index contributed by atoms with van der Waals surface area (Å²) in [4.78, 5) is 40.1. The van der Waals surface area contributed by atoms with Crippen molar-refractivity contribution in [2.24, 2.45) is 0 Å². The van der Waals surface area contributed by atoms with Gasteiger partial charge in [0.1, 0.15) is 5.54 Å². The van der Waals surface area contributed by atoms with Gasteiger partial charge >= 0.3 is 6.03 Å². The number of carbonyl (C=O) groups excluding carboxylic acids is 3. The molecule has 8 nitrogen and oxygen atoms in total. The van der Waals surface area contributed by atoms with Crippen molar-refractivity contribution in [3.8, 4) is 0 Å². The Labute approximate surface area is 199 Å². The Morgan fingerprint density at radius 1 is 1.00 bits per heavy atom. The number of urea groups is 1. The van der Waals surface area contributed by atoms with Crippen LogP contribution in [-0.4, -0.2) is 50.4 Å². The lowest BCUT2D eigenvalue weighted by Gasteiger charge is -2.29. The lowest BCUT2D eigenvalue weighted by molar-refractivity contribution is -0.130. The molecule has 2 aliphatic heterocycles. The lowest BCUT2D eigenvalue weighted by Crippen LogP contribution is -2.41. The predicted molar refractivity (Wildman–Crippen MR) is 127 cm³/mol. The zero-order valence-corrected chi connectivity index (χ0v) is 20.1. The number of hydrogen-bond donors (Lipinski definition) is 1. The molecule has 9 heteroatoms. The Morgan fingerprint density at radius 3 is 2.50 bits per heavy atom. The van der Waals surface area contributed by atoms with Gasteiger partial charge in [-0.25, -0.2) is 13.2 Å². The van der Waals surface area contributed by atoms with E-state index in [4.69, 9.17) is 0 Å². The van der Waals surface area contributed by atoms with Crippen LogP contribution in [0.25, 0.3) is 0 Å². The summed E-state index contributed by atoms with van der Waals surface area (Å²) in [6.07, 6.45) is 5.54. The van der Waals surface area contributed by atoms with Gasteiger partial charge in [-0.2, -0.15) is 0 Å². The first-order chi connectivity index (χ1) is 16.1. The fourth-order valence-electron chi connectivity index (χ4n) is 5.23. The van der Waals surface area contributed by atoms with E-state index in [2.05, 4.69) is 5.32 Å². The number of nitrogens with one attached hydrogen (secondary N) is 1. The van der Waals surface area contributed by atoms with Gasteiger partial charge in [0.2, 0.25) is 10.0 Å². The van der Waals surface area contributed by atoms with Crippen LogP contribution in [0.4, 0.5) is 10.5 Å². The number of fused-ring (bicyclic) bond motifs is 2. The number of hydrogen-bond acceptors (Lipinski definition) is 5. The highest BCUT2D eigenvalue weighted by atomic mass is 32.2. The van der Waals surface area contributed by atoms with E-state index in [9.17, 15) is 22.8 Å². The van der Waals surface area contributed by atoms with E-state index in [-0.39, 0.29) is 12.3 Å². The molecule has 0 radical (unpaired) electrons. The predicted octanol–water partition coefficient (Wildman–Crippen LogP) is 2.54. The number of ketones is 1. The topological polar surface area (TPSA) is 104 Å². The molecule has 2 aromatic rings. The number of anilines is 1. The molecule has 34 heavy (non-hydrogen) atoms. The van der Waals surface area contributed by atoms with Gasteiger partial charge in [-0.1, -0.05) is 18.2 Å². The van der Waals surface area contributed by atoms with E-state index in [1.54, 1.807) is 25.1 Å². The summed E-state index contributed by atoms with van der Waals surface area (Å²) in [5.41, 5.74) is 3.66. The highest BCUT2D eigenvalue weighted by Crippen LogP contribution is 2.33. The molecular weight excluding hydrogens is 454 g/mol. The maximum atomic E-state index is 13.3. The molecule has 1 unspecified atom stereocenters. The molecule has 1 N–H and O–H groups in total. The van der Waals surface area contributed by atoms with Crippen LogP contribution in [0.2, 0.25) is 0 Å². The number of imide groups is 1. The van der Waals surface area contributed by atoms with Gasteiger partial charge in [0.15, 0.2) is 5.78 Å². The quantitative estimate of drug-likeness (QED) is 0.522. The minimum Gasteiger partial charge on any atom is -0.319 e. The smallest absolute Gasteiger partial charge is 0.319 e. The molecule has 0 saturated carbocycles. The summed E-state index contributed by atoms with van der Waals surface area (Å²) in [5.74, 6) is -0.828. The van der Waals surface area contributed by atoms with E-state index in [0.717, 1.165) is 41.5 Å². The molecule has 1 fully saturated rings. The Morgan fingerprint density at radius 2 is 1.74 bits per heavy atom. The Hall–Kier alpha value is -3.20. The van der Waals surface area contributed by atoms with E-state index >= 15 is 0 Å². The van der Waals surface area contributed by atoms with Crippen molar-refractivity contribution < 1.29 is 22.8 Å². The summed E-state index contributed by atoms with van der Waals surface area (Å²) >= 11 is 0. The van der Waals surface area contributed by atoms with Crippen molar-refractivity contribution in [1.29, 1.82) is 0 Å². The third-order valence-corrected chi connectivity index (χ3v) is 8.31. The molecule has 3 aliphatic rings. The minimum absolute atomic E-state index is 0.348. The Kier molecular flexibility index (Phi) is 5.27. The van der Waals surface area contributed by atoms with Crippen molar-refractivity contribution in [3.63, 3.8) is 0 Å². The highest BCUT2D eigenvalue weighted by Gasteiger charge is 2.49. The number of amides is 3. The van der Waals surface area contributed by atoms with Crippen molar-refractivity contribution in [3.05, 3.63) is 64.2 Å². The van der Waals surface area contributed by atoms with Gasteiger partial charge in [-0.05, 0) is 79.5 Å².